The lowest BCUT2D eigenvalue weighted by Crippen LogP contribution is -2.07. The van der Waals surface area contributed by atoms with Crippen LogP contribution in [0.15, 0.2) is 30.6 Å². The highest BCUT2D eigenvalue weighted by Crippen LogP contribution is 2.24. The van der Waals surface area contributed by atoms with Crippen molar-refractivity contribution < 1.29 is 5.11 Å². The lowest BCUT2D eigenvalue weighted by molar-refractivity contribution is 0.475. The van der Waals surface area contributed by atoms with Gasteiger partial charge in [-0.1, -0.05) is 18.6 Å². The van der Waals surface area contributed by atoms with Crippen LogP contribution in [-0.2, 0) is 19.4 Å². The summed E-state index contributed by atoms with van der Waals surface area (Å²) in [5, 5.41) is 12.7. The largest absolute Gasteiger partial charge is 0.508 e. The molecule has 1 aromatic heterocycles. The van der Waals surface area contributed by atoms with Crippen molar-refractivity contribution in [3.05, 3.63) is 47.4 Å². The molecule has 0 atom stereocenters. The number of nitrogens with one attached hydrogen (secondary N) is 1. The number of benzene rings is 1. The first-order valence-corrected chi connectivity index (χ1v) is 7.17. The lowest BCUT2D eigenvalue weighted by Gasteiger charge is -2.12. The highest BCUT2D eigenvalue weighted by Gasteiger charge is 2.13. The van der Waals surface area contributed by atoms with Crippen LogP contribution in [0.1, 0.15) is 36.1 Å². The van der Waals surface area contributed by atoms with Crippen molar-refractivity contribution in [2.75, 3.05) is 5.32 Å². The topological polar surface area (TPSA) is 58.0 Å². The number of hydrogen-bond acceptors (Lipinski definition) is 4. The minimum atomic E-state index is 0.296. The van der Waals surface area contributed by atoms with Gasteiger partial charge in [-0.2, -0.15) is 0 Å². The van der Waals surface area contributed by atoms with E-state index in [9.17, 15) is 5.11 Å². The fourth-order valence-electron chi connectivity index (χ4n) is 2.65. The van der Waals surface area contributed by atoms with Crippen molar-refractivity contribution in [3.63, 3.8) is 0 Å². The molecular formula is C16H19N3O. The number of aryl methyl sites for hydroxylation is 1. The first-order chi connectivity index (χ1) is 9.83. The second-order valence-corrected chi connectivity index (χ2v) is 5.23. The van der Waals surface area contributed by atoms with Crippen molar-refractivity contribution in [3.8, 4) is 5.75 Å². The van der Waals surface area contributed by atoms with Crippen LogP contribution in [-0.4, -0.2) is 15.1 Å². The van der Waals surface area contributed by atoms with Crippen LogP contribution >= 0.6 is 0 Å². The van der Waals surface area contributed by atoms with Crippen LogP contribution in [0, 0.1) is 0 Å². The molecule has 1 aliphatic carbocycles. The van der Waals surface area contributed by atoms with Gasteiger partial charge in [-0.15, -0.1) is 0 Å². The van der Waals surface area contributed by atoms with Gasteiger partial charge in [-0.25, -0.2) is 9.97 Å². The molecule has 0 saturated carbocycles. The van der Waals surface area contributed by atoms with Crippen LogP contribution in [0.25, 0.3) is 0 Å². The smallest absolute Gasteiger partial charge is 0.133 e. The summed E-state index contributed by atoms with van der Waals surface area (Å²) >= 11 is 0. The summed E-state index contributed by atoms with van der Waals surface area (Å²) in [7, 11) is 0. The molecule has 1 heterocycles. The van der Waals surface area contributed by atoms with Gasteiger partial charge in [0.1, 0.15) is 17.9 Å². The highest BCUT2D eigenvalue weighted by atomic mass is 16.3. The molecule has 1 aromatic carbocycles. The third-order valence-corrected chi connectivity index (χ3v) is 3.77. The maximum atomic E-state index is 9.29. The number of hydrogen-bond donors (Lipinski definition) is 2. The number of aromatic nitrogens is 2. The number of rotatable bonds is 3. The molecule has 104 valence electrons. The van der Waals surface area contributed by atoms with Gasteiger partial charge >= 0.3 is 0 Å². The number of aromatic hydroxyl groups is 1. The quantitative estimate of drug-likeness (QED) is 0.841. The molecule has 0 aliphatic heterocycles. The summed E-state index contributed by atoms with van der Waals surface area (Å²) in [5.74, 6) is 1.26. The maximum absolute atomic E-state index is 9.29. The highest BCUT2D eigenvalue weighted by molar-refractivity contribution is 5.47. The number of phenolic OH excluding ortho intramolecular Hbond substituents is 1. The van der Waals surface area contributed by atoms with E-state index in [1.54, 1.807) is 18.5 Å². The zero-order valence-corrected chi connectivity index (χ0v) is 11.5. The Bertz CT molecular complexity index is 581. The van der Waals surface area contributed by atoms with Gasteiger partial charge < -0.3 is 10.4 Å². The molecule has 4 heteroatoms. The first-order valence-electron chi connectivity index (χ1n) is 7.17. The van der Waals surface area contributed by atoms with Gasteiger partial charge in [0.2, 0.25) is 0 Å². The van der Waals surface area contributed by atoms with E-state index in [1.807, 2.05) is 12.1 Å². The van der Waals surface area contributed by atoms with E-state index < -0.39 is 0 Å². The summed E-state index contributed by atoms with van der Waals surface area (Å²) in [6, 6.07) is 7.25. The Kier molecular flexibility index (Phi) is 3.81. The molecule has 3 rings (SSSR count). The summed E-state index contributed by atoms with van der Waals surface area (Å²) in [5.41, 5.74) is 3.61. The molecule has 0 fully saturated rings. The molecule has 0 unspecified atom stereocenters. The van der Waals surface area contributed by atoms with Crippen molar-refractivity contribution in [1.82, 2.24) is 9.97 Å². The summed E-state index contributed by atoms with van der Waals surface area (Å²) in [6.07, 6.45) is 7.49. The van der Waals surface area contributed by atoms with E-state index in [2.05, 4.69) is 15.3 Å². The molecule has 2 N–H and O–H groups in total. The van der Waals surface area contributed by atoms with E-state index in [1.165, 1.54) is 30.5 Å². The van der Waals surface area contributed by atoms with Crippen LogP contribution in [0.3, 0.4) is 0 Å². The normalized spacial score (nSPS) is 14.4. The number of phenols is 1. The minimum absolute atomic E-state index is 0.296. The molecule has 20 heavy (non-hydrogen) atoms. The van der Waals surface area contributed by atoms with Gasteiger partial charge in [0.05, 0.1) is 0 Å². The standard InChI is InChI=1S/C16H19N3O/c20-13-8-6-12(7-9-13)10-17-16-14-4-2-1-3-5-15(14)18-11-19-16/h6-9,11,20H,1-5,10H2,(H,17,18,19). The molecule has 1 aliphatic rings. The Labute approximate surface area is 118 Å². The monoisotopic (exact) mass is 269 g/mol. The molecule has 2 aromatic rings. The zero-order valence-electron chi connectivity index (χ0n) is 11.5. The van der Waals surface area contributed by atoms with E-state index in [0.29, 0.717) is 12.3 Å². The van der Waals surface area contributed by atoms with Crippen LogP contribution in [0.4, 0.5) is 5.82 Å². The molecule has 0 bridgehead atoms. The Morgan fingerprint density at radius 1 is 1.00 bits per heavy atom. The second-order valence-electron chi connectivity index (χ2n) is 5.23. The average Bonchev–Trinajstić information content (AvgIpc) is 2.72. The average molecular weight is 269 g/mol. The van der Waals surface area contributed by atoms with E-state index in [0.717, 1.165) is 24.2 Å². The fraction of sp³-hybridized carbons (Fsp3) is 0.375. The molecule has 0 spiro atoms. The lowest BCUT2D eigenvalue weighted by atomic mass is 10.1. The molecule has 0 amide bonds. The second kappa shape index (κ2) is 5.90. The van der Waals surface area contributed by atoms with E-state index >= 15 is 0 Å². The molecular weight excluding hydrogens is 250 g/mol. The SMILES string of the molecule is Oc1ccc(CNc2ncnc3c2CCCCC3)cc1. The van der Waals surface area contributed by atoms with Crippen molar-refractivity contribution in [2.45, 2.75) is 38.6 Å². The van der Waals surface area contributed by atoms with Gasteiger partial charge in [0.15, 0.2) is 0 Å². The van der Waals surface area contributed by atoms with Gasteiger partial charge in [-0.3, -0.25) is 0 Å². The molecule has 0 radical (unpaired) electrons. The Morgan fingerprint density at radius 3 is 2.65 bits per heavy atom. The third kappa shape index (κ3) is 2.90. The predicted octanol–water partition coefficient (Wildman–Crippen LogP) is 3.06. The van der Waals surface area contributed by atoms with Gasteiger partial charge in [0, 0.05) is 17.8 Å². The zero-order chi connectivity index (χ0) is 13.8. The summed E-state index contributed by atoms with van der Waals surface area (Å²) in [4.78, 5) is 8.82. The van der Waals surface area contributed by atoms with Crippen molar-refractivity contribution in [2.24, 2.45) is 0 Å². The summed E-state index contributed by atoms with van der Waals surface area (Å²) < 4.78 is 0. The third-order valence-electron chi connectivity index (χ3n) is 3.77. The number of anilines is 1. The minimum Gasteiger partial charge on any atom is -0.508 e. The van der Waals surface area contributed by atoms with Gasteiger partial charge in [-0.05, 0) is 43.4 Å². The maximum Gasteiger partial charge on any atom is 0.133 e. The van der Waals surface area contributed by atoms with E-state index in [-0.39, 0.29) is 0 Å². The Balaban J connectivity index is 1.75. The van der Waals surface area contributed by atoms with E-state index in [4.69, 9.17) is 0 Å². The van der Waals surface area contributed by atoms with Crippen molar-refractivity contribution in [1.29, 1.82) is 0 Å². The predicted molar refractivity (Wildman–Crippen MR) is 78.7 cm³/mol. The van der Waals surface area contributed by atoms with Crippen LogP contribution in [0.2, 0.25) is 0 Å². The molecule has 0 saturated heterocycles. The Morgan fingerprint density at radius 2 is 1.80 bits per heavy atom. The number of fused-ring (bicyclic) bond motifs is 1. The fourth-order valence-corrected chi connectivity index (χ4v) is 2.65. The number of nitrogens with zero attached hydrogens (tertiary/aromatic N) is 2. The first kappa shape index (κ1) is 12.9. The van der Waals surface area contributed by atoms with Crippen LogP contribution in [0.5, 0.6) is 5.75 Å². The Hall–Kier alpha value is -2.10. The summed E-state index contributed by atoms with van der Waals surface area (Å²) in [6.45, 7) is 0.712. The van der Waals surface area contributed by atoms with Gasteiger partial charge in [0.25, 0.3) is 0 Å². The van der Waals surface area contributed by atoms with Crippen LogP contribution < -0.4 is 5.32 Å². The molecule has 4 nitrogen and oxygen atoms in total. The van der Waals surface area contributed by atoms with Crippen molar-refractivity contribution >= 4 is 5.82 Å².